The molecule has 0 bridgehead atoms. The van der Waals surface area contributed by atoms with Gasteiger partial charge in [-0.15, -0.1) is 0 Å². The monoisotopic (exact) mass is 395 g/mol. The molecule has 0 aromatic heterocycles. The Bertz CT molecular complexity index is 665. The Balaban J connectivity index is 3.23. The SMILES string of the molecule is C=CN=C(CCC(CC)(CCC)CCC)c1cc(CC(C)(F)F)c(F)cc1C. The van der Waals surface area contributed by atoms with E-state index in [-0.39, 0.29) is 11.0 Å². The lowest BCUT2D eigenvalue weighted by Crippen LogP contribution is -2.22. The van der Waals surface area contributed by atoms with Gasteiger partial charge in [0, 0.05) is 18.3 Å². The standard InChI is InChI=1S/C24H36F3N/c1-7-12-24(9-3,13-8-2)14-11-22(28-10-4)20-16-19(17-23(6,26)27)21(25)15-18(20)5/h10,15-16H,4,7-9,11-14,17H2,1-3,5-6H3. The van der Waals surface area contributed by atoms with Crippen LogP contribution in [0.1, 0.15) is 89.3 Å². The second kappa shape index (κ2) is 10.8. The van der Waals surface area contributed by atoms with Crippen LogP contribution in [-0.4, -0.2) is 11.6 Å². The zero-order valence-electron chi connectivity index (χ0n) is 18.2. The highest BCUT2D eigenvalue weighted by Gasteiger charge is 2.28. The summed E-state index contributed by atoms with van der Waals surface area (Å²) in [7, 11) is 0. The fourth-order valence-electron chi connectivity index (χ4n) is 4.23. The fraction of sp³-hybridized carbons (Fsp3) is 0.625. The Morgan fingerprint density at radius 3 is 2.18 bits per heavy atom. The van der Waals surface area contributed by atoms with E-state index in [1.165, 1.54) is 12.3 Å². The number of halogens is 3. The molecule has 158 valence electrons. The quantitative estimate of drug-likeness (QED) is 0.318. The predicted molar refractivity (Wildman–Crippen MR) is 114 cm³/mol. The molecule has 0 heterocycles. The van der Waals surface area contributed by atoms with Crippen LogP contribution in [0.2, 0.25) is 0 Å². The molecule has 1 rings (SSSR count). The van der Waals surface area contributed by atoms with Crippen LogP contribution in [0.5, 0.6) is 0 Å². The van der Waals surface area contributed by atoms with Crippen molar-refractivity contribution in [1.82, 2.24) is 0 Å². The van der Waals surface area contributed by atoms with Gasteiger partial charge in [-0.3, -0.25) is 4.99 Å². The van der Waals surface area contributed by atoms with Crippen molar-refractivity contribution in [2.75, 3.05) is 0 Å². The molecule has 0 fully saturated rings. The van der Waals surface area contributed by atoms with Crippen molar-refractivity contribution in [3.63, 3.8) is 0 Å². The van der Waals surface area contributed by atoms with Crippen LogP contribution in [0.25, 0.3) is 0 Å². The van der Waals surface area contributed by atoms with E-state index in [9.17, 15) is 13.2 Å². The molecule has 0 aliphatic carbocycles. The fourth-order valence-corrected chi connectivity index (χ4v) is 4.23. The van der Waals surface area contributed by atoms with Gasteiger partial charge in [0.2, 0.25) is 5.92 Å². The minimum Gasteiger partial charge on any atom is -0.261 e. The summed E-state index contributed by atoms with van der Waals surface area (Å²) in [5, 5.41) is 0. The molecule has 0 unspecified atom stereocenters. The minimum absolute atomic E-state index is 0.0359. The molecule has 1 aromatic rings. The second-order valence-corrected chi connectivity index (χ2v) is 8.12. The first-order valence-corrected chi connectivity index (χ1v) is 10.5. The van der Waals surface area contributed by atoms with E-state index in [2.05, 4.69) is 32.3 Å². The van der Waals surface area contributed by atoms with Crippen LogP contribution in [-0.2, 0) is 6.42 Å². The summed E-state index contributed by atoms with van der Waals surface area (Å²) in [5.41, 5.74) is 2.57. The maximum atomic E-state index is 14.2. The molecule has 0 atom stereocenters. The van der Waals surface area contributed by atoms with E-state index < -0.39 is 18.2 Å². The molecule has 0 aliphatic rings. The Morgan fingerprint density at radius 1 is 1.11 bits per heavy atom. The maximum Gasteiger partial charge on any atom is 0.249 e. The molecule has 1 aromatic carbocycles. The number of aliphatic imine (C=N–C) groups is 1. The van der Waals surface area contributed by atoms with Gasteiger partial charge in [-0.25, -0.2) is 13.2 Å². The Kier molecular flexibility index (Phi) is 9.46. The van der Waals surface area contributed by atoms with Gasteiger partial charge in [0.15, 0.2) is 0 Å². The molecular weight excluding hydrogens is 359 g/mol. The molecule has 28 heavy (non-hydrogen) atoms. The van der Waals surface area contributed by atoms with Crippen molar-refractivity contribution in [2.24, 2.45) is 10.4 Å². The Morgan fingerprint density at radius 2 is 1.71 bits per heavy atom. The number of aryl methyl sites for hydroxylation is 1. The highest BCUT2D eigenvalue weighted by Crippen LogP contribution is 2.39. The number of hydrogen-bond donors (Lipinski definition) is 0. The van der Waals surface area contributed by atoms with Gasteiger partial charge in [0.1, 0.15) is 5.82 Å². The third kappa shape index (κ3) is 7.10. The zero-order valence-corrected chi connectivity index (χ0v) is 18.2. The molecule has 0 spiro atoms. The van der Waals surface area contributed by atoms with E-state index in [1.807, 2.05) is 0 Å². The number of hydrogen-bond acceptors (Lipinski definition) is 1. The molecule has 0 aliphatic heterocycles. The summed E-state index contributed by atoms with van der Waals surface area (Å²) in [6, 6.07) is 2.90. The van der Waals surface area contributed by atoms with Crippen LogP contribution < -0.4 is 0 Å². The molecule has 1 nitrogen and oxygen atoms in total. The number of alkyl halides is 2. The lowest BCUT2D eigenvalue weighted by atomic mass is 9.73. The lowest BCUT2D eigenvalue weighted by molar-refractivity contribution is 0.0217. The Labute approximate surface area is 169 Å². The normalized spacial score (nSPS) is 13.1. The number of benzene rings is 1. The van der Waals surface area contributed by atoms with Crippen LogP contribution in [0.4, 0.5) is 13.2 Å². The molecule has 0 saturated heterocycles. The van der Waals surface area contributed by atoms with Gasteiger partial charge in [-0.05, 0) is 73.8 Å². The van der Waals surface area contributed by atoms with Gasteiger partial charge < -0.3 is 0 Å². The minimum atomic E-state index is -2.96. The number of rotatable bonds is 12. The third-order valence-corrected chi connectivity index (χ3v) is 5.66. The van der Waals surface area contributed by atoms with Crippen LogP contribution in [0.15, 0.2) is 29.9 Å². The van der Waals surface area contributed by atoms with E-state index >= 15 is 0 Å². The van der Waals surface area contributed by atoms with E-state index in [4.69, 9.17) is 0 Å². The van der Waals surface area contributed by atoms with E-state index in [1.54, 1.807) is 13.0 Å². The third-order valence-electron chi connectivity index (χ3n) is 5.66. The van der Waals surface area contributed by atoms with Crippen molar-refractivity contribution in [1.29, 1.82) is 0 Å². The van der Waals surface area contributed by atoms with Gasteiger partial charge in [-0.1, -0.05) is 46.6 Å². The van der Waals surface area contributed by atoms with Gasteiger partial charge in [0.25, 0.3) is 0 Å². The first-order valence-electron chi connectivity index (χ1n) is 10.5. The number of nitrogens with zero attached hydrogens (tertiary/aromatic N) is 1. The lowest BCUT2D eigenvalue weighted by Gasteiger charge is -2.33. The van der Waals surface area contributed by atoms with E-state index in [0.29, 0.717) is 5.56 Å². The van der Waals surface area contributed by atoms with Gasteiger partial charge in [-0.2, -0.15) is 0 Å². The van der Waals surface area contributed by atoms with Gasteiger partial charge >= 0.3 is 0 Å². The summed E-state index contributed by atoms with van der Waals surface area (Å²) in [4.78, 5) is 4.45. The topological polar surface area (TPSA) is 12.4 Å². The van der Waals surface area contributed by atoms with Crippen molar-refractivity contribution >= 4 is 5.71 Å². The van der Waals surface area contributed by atoms with Crippen LogP contribution in [0.3, 0.4) is 0 Å². The summed E-state index contributed by atoms with van der Waals surface area (Å²) in [5.74, 6) is -3.54. The molecule has 4 heteroatoms. The van der Waals surface area contributed by atoms with Crippen molar-refractivity contribution < 1.29 is 13.2 Å². The summed E-state index contributed by atoms with van der Waals surface area (Å²) in [6.07, 6.45) is 8.27. The Hall–Kier alpha value is -1.58. The van der Waals surface area contributed by atoms with Gasteiger partial charge in [0.05, 0.1) is 0 Å². The predicted octanol–water partition coefficient (Wildman–Crippen LogP) is 8.04. The largest absolute Gasteiger partial charge is 0.261 e. The molecule has 0 N–H and O–H groups in total. The van der Waals surface area contributed by atoms with Crippen molar-refractivity contribution in [3.05, 3.63) is 47.4 Å². The summed E-state index contributed by atoms with van der Waals surface area (Å²) in [6.45, 7) is 13.0. The average molecular weight is 396 g/mol. The first-order chi connectivity index (χ1) is 13.1. The highest BCUT2D eigenvalue weighted by molar-refractivity contribution is 6.02. The molecule has 0 amide bonds. The summed E-state index contributed by atoms with van der Waals surface area (Å²) >= 11 is 0. The average Bonchev–Trinajstić information content (AvgIpc) is 2.60. The maximum absolute atomic E-state index is 14.2. The first kappa shape index (κ1) is 24.5. The van der Waals surface area contributed by atoms with E-state index in [0.717, 1.165) is 63.1 Å². The van der Waals surface area contributed by atoms with Crippen LogP contribution >= 0.6 is 0 Å². The summed E-state index contributed by atoms with van der Waals surface area (Å²) < 4.78 is 41.2. The van der Waals surface area contributed by atoms with Crippen LogP contribution in [0, 0.1) is 18.2 Å². The molecule has 0 radical (unpaired) electrons. The van der Waals surface area contributed by atoms with Crippen molar-refractivity contribution in [2.45, 2.75) is 91.9 Å². The zero-order chi connectivity index (χ0) is 21.4. The molecule has 0 saturated carbocycles. The highest BCUT2D eigenvalue weighted by atomic mass is 19.3. The second-order valence-electron chi connectivity index (χ2n) is 8.12. The molecular formula is C24H36F3N. The van der Waals surface area contributed by atoms with Crippen molar-refractivity contribution in [3.8, 4) is 0 Å². The smallest absolute Gasteiger partial charge is 0.249 e.